The number of hydrogen-bond donors (Lipinski definition) is 0. The van der Waals surface area contributed by atoms with Crippen LogP contribution >= 0.6 is 0 Å². The lowest BCUT2D eigenvalue weighted by Gasteiger charge is -2.41. The number of methoxy groups -OCH3 is 2. The van der Waals surface area contributed by atoms with Gasteiger partial charge in [0.05, 0.1) is 14.2 Å². The molecule has 6 nitrogen and oxygen atoms in total. The van der Waals surface area contributed by atoms with Gasteiger partial charge in [-0.3, -0.25) is 9.69 Å². The molecule has 168 valence electrons. The van der Waals surface area contributed by atoms with Gasteiger partial charge >= 0.3 is 0 Å². The Hall–Kier alpha value is -2.99. The van der Waals surface area contributed by atoms with Crippen molar-refractivity contribution in [1.29, 1.82) is 0 Å². The first-order valence-electron chi connectivity index (χ1n) is 11.4. The summed E-state index contributed by atoms with van der Waals surface area (Å²) in [4.78, 5) is 18.0. The number of aryl methyl sites for hydroxylation is 1. The van der Waals surface area contributed by atoms with E-state index in [4.69, 9.17) is 9.47 Å². The zero-order chi connectivity index (χ0) is 22.2. The number of ether oxygens (including phenoxy) is 2. The highest BCUT2D eigenvalue weighted by molar-refractivity contribution is 5.98. The van der Waals surface area contributed by atoms with E-state index in [0.29, 0.717) is 6.04 Å². The van der Waals surface area contributed by atoms with Gasteiger partial charge in [0.2, 0.25) is 0 Å². The molecule has 2 aromatic carbocycles. The maximum atomic E-state index is 13.4. The maximum Gasteiger partial charge on any atom is 0.270 e. The molecule has 3 heterocycles. The molecule has 1 amide bonds. The molecule has 1 atom stereocenters. The highest BCUT2D eigenvalue weighted by Crippen LogP contribution is 2.34. The van der Waals surface area contributed by atoms with Gasteiger partial charge in [0.1, 0.15) is 5.69 Å². The zero-order valence-electron chi connectivity index (χ0n) is 19.1. The lowest BCUT2D eigenvalue weighted by Crippen LogP contribution is -2.51. The van der Waals surface area contributed by atoms with Crippen molar-refractivity contribution in [3.63, 3.8) is 0 Å². The Labute approximate surface area is 189 Å². The third-order valence-electron chi connectivity index (χ3n) is 7.12. The van der Waals surface area contributed by atoms with E-state index in [0.717, 1.165) is 73.5 Å². The summed E-state index contributed by atoms with van der Waals surface area (Å²) >= 11 is 0. The largest absolute Gasteiger partial charge is 0.493 e. The molecule has 3 aromatic rings. The molecule has 32 heavy (non-hydrogen) atoms. The van der Waals surface area contributed by atoms with Crippen molar-refractivity contribution < 1.29 is 14.3 Å². The van der Waals surface area contributed by atoms with E-state index in [1.807, 2.05) is 34.7 Å². The molecule has 6 heteroatoms. The average molecular weight is 434 g/mol. The van der Waals surface area contributed by atoms with Gasteiger partial charge in [-0.2, -0.15) is 0 Å². The molecule has 0 aliphatic carbocycles. The van der Waals surface area contributed by atoms with Crippen LogP contribution in [0.15, 0.2) is 42.5 Å². The molecule has 0 spiro atoms. The topological polar surface area (TPSA) is 46.9 Å². The summed E-state index contributed by atoms with van der Waals surface area (Å²) in [5.41, 5.74) is 4.50. The number of amides is 1. The second-order valence-corrected chi connectivity index (χ2v) is 8.89. The van der Waals surface area contributed by atoms with Crippen LogP contribution < -0.4 is 9.47 Å². The molecule has 5 rings (SSSR count). The lowest BCUT2D eigenvalue weighted by molar-refractivity contribution is 0.0541. The van der Waals surface area contributed by atoms with Gasteiger partial charge in [0.15, 0.2) is 11.5 Å². The van der Waals surface area contributed by atoms with Gasteiger partial charge < -0.3 is 18.9 Å². The van der Waals surface area contributed by atoms with Crippen molar-refractivity contribution in [2.75, 3.05) is 33.9 Å². The smallest absolute Gasteiger partial charge is 0.270 e. The molecule has 1 fully saturated rings. The Morgan fingerprint density at radius 3 is 2.50 bits per heavy atom. The van der Waals surface area contributed by atoms with Gasteiger partial charge in [0.25, 0.3) is 5.91 Å². The average Bonchev–Trinajstić information content (AvgIpc) is 3.18. The summed E-state index contributed by atoms with van der Waals surface area (Å²) in [6.45, 7) is 3.49. The number of carbonyl (C=O) groups excluding carboxylic acids is 1. The van der Waals surface area contributed by atoms with Crippen molar-refractivity contribution in [2.24, 2.45) is 7.05 Å². The Morgan fingerprint density at radius 2 is 1.75 bits per heavy atom. The van der Waals surface area contributed by atoms with Crippen molar-refractivity contribution in [3.05, 3.63) is 59.3 Å². The summed E-state index contributed by atoms with van der Waals surface area (Å²) in [5.74, 6) is 1.71. The Kier molecular flexibility index (Phi) is 5.55. The molecule has 1 unspecified atom stereocenters. The highest BCUT2D eigenvalue weighted by Gasteiger charge is 2.31. The summed E-state index contributed by atoms with van der Waals surface area (Å²) in [6, 6.07) is 14.8. The third-order valence-corrected chi connectivity index (χ3v) is 7.12. The molecular weight excluding hydrogens is 402 g/mol. The number of fused-ring (bicyclic) bond motifs is 2. The van der Waals surface area contributed by atoms with Crippen LogP contribution in [0, 0.1) is 0 Å². The summed E-state index contributed by atoms with van der Waals surface area (Å²) in [6.07, 6.45) is 3.15. The van der Waals surface area contributed by atoms with Crippen LogP contribution in [0.4, 0.5) is 0 Å². The van der Waals surface area contributed by atoms with Crippen LogP contribution in [-0.4, -0.2) is 60.2 Å². The number of carbonyl (C=O) groups is 1. The number of rotatable bonds is 4. The fourth-order valence-electron chi connectivity index (χ4n) is 5.31. The predicted octanol–water partition coefficient (Wildman–Crippen LogP) is 3.86. The minimum atomic E-state index is 0.136. The standard InChI is InChI=1S/C26H31N3O3/c1-27-22-9-5-4-7-19(22)13-23(27)26(30)29-11-6-8-21(17-29)28-12-10-18-14-24(31-2)25(32-3)15-20(18)16-28/h4-5,7,9,13-15,21H,6,8,10-12,16-17H2,1-3H3. The van der Waals surface area contributed by atoms with Crippen LogP contribution in [-0.2, 0) is 20.0 Å². The van der Waals surface area contributed by atoms with Crippen LogP contribution in [0.2, 0.25) is 0 Å². The Balaban J connectivity index is 1.33. The van der Waals surface area contributed by atoms with Gasteiger partial charge in [-0.1, -0.05) is 18.2 Å². The monoisotopic (exact) mass is 433 g/mol. The normalized spacial score (nSPS) is 19.1. The van der Waals surface area contributed by atoms with Gasteiger partial charge in [-0.25, -0.2) is 0 Å². The molecule has 2 aliphatic rings. The molecule has 1 saturated heterocycles. The van der Waals surface area contributed by atoms with Gasteiger partial charge in [0, 0.05) is 50.2 Å². The van der Waals surface area contributed by atoms with E-state index in [1.165, 1.54) is 11.1 Å². The maximum absolute atomic E-state index is 13.4. The fourth-order valence-corrected chi connectivity index (χ4v) is 5.31. The summed E-state index contributed by atoms with van der Waals surface area (Å²) in [7, 11) is 5.35. The zero-order valence-corrected chi connectivity index (χ0v) is 19.1. The van der Waals surface area contributed by atoms with E-state index < -0.39 is 0 Å². The minimum Gasteiger partial charge on any atom is -0.493 e. The molecular formula is C26H31N3O3. The summed E-state index contributed by atoms with van der Waals surface area (Å²) < 4.78 is 13.0. The van der Waals surface area contributed by atoms with Gasteiger partial charge in [-0.15, -0.1) is 0 Å². The lowest BCUT2D eigenvalue weighted by atomic mass is 9.95. The number of aromatic nitrogens is 1. The molecule has 0 N–H and O–H groups in total. The highest BCUT2D eigenvalue weighted by atomic mass is 16.5. The van der Waals surface area contributed by atoms with E-state index in [2.05, 4.69) is 29.2 Å². The Bertz CT molecular complexity index is 1150. The number of para-hydroxylation sites is 1. The van der Waals surface area contributed by atoms with Crippen LogP contribution in [0.25, 0.3) is 10.9 Å². The van der Waals surface area contributed by atoms with Crippen LogP contribution in [0.3, 0.4) is 0 Å². The van der Waals surface area contributed by atoms with Gasteiger partial charge in [-0.05, 0) is 54.7 Å². The number of benzene rings is 2. The molecule has 1 aromatic heterocycles. The van der Waals surface area contributed by atoms with E-state index >= 15 is 0 Å². The van der Waals surface area contributed by atoms with Crippen LogP contribution in [0.1, 0.15) is 34.5 Å². The fraction of sp³-hybridized carbons (Fsp3) is 0.423. The van der Waals surface area contributed by atoms with Crippen LogP contribution in [0.5, 0.6) is 11.5 Å². The minimum absolute atomic E-state index is 0.136. The van der Waals surface area contributed by atoms with E-state index in [-0.39, 0.29) is 5.91 Å². The van der Waals surface area contributed by atoms with Crippen molar-refractivity contribution in [1.82, 2.24) is 14.4 Å². The molecule has 2 aliphatic heterocycles. The first-order chi connectivity index (χ1) is 15.6. The first kappa shape index (κ1) is 20.9. The second kappa shape index (κ2) is 8.51. The molecule has 0 bridgehead atoms. The van der Waals surface area contributed by atoms with E-state index in [1.54, 1.807) is 14.2 Å². The second-order valence-electron chi connectivity index (χ2n) is 8.89. The van der Waals surface area contributed by atoms with Crippen molar-refractivity contribution >= 4 is 16.8 Å². The predicted molar refractivity (Wildman–Crippen MR) is 126 cm³/mol. The quantitative estimate of drug-likeness (QED) is 0.627. The first-order valence-corrected chi connectivity index (χ1v) is 11.4. The SMILES string of the molecule is COc1cc2c(cc1OC)CN(C1CCCN(C(=O)c3cc4ccccc4n3C)C1)CC2. The number of nitrogens with zero attached hydrogens (tertiary/aromatic N) is 3. The number of piperidine rings is 1. The Morgan fingerprint density at radius 1 is 1.00 bits per heavy atom. The molecule has 0 radical (unpaired) electrons. The number of likely N-dealkylation sites (tertiary alicyclic amines) is 1. The molecule has 0 saturated carbocycles. The van der Waals surface area contributed by atoms with Crippen molar-refractivity contribution in [2.45, 2.75) is 31.8 Å². The third kappa shape index (κ3) is 3.62. The van der Waals surface area contributed by atoms with E-state index in [9.17, 15) is 4.79 Å². The number of hydrogen-bond acceptors (Lipinski definition) is 4. The van der Waals surface area contributed by atoms with Crippen molar-refractivity contribution in [3.8, 4) is 11.5 Å². The summed E-state index contributed by atoms with van der Waals surface area (Å²) in [5, 5.41) is 1.11.